The SMILES string of the molecule is CC(C)(C)c1ccc2nc(N3C(=O)C(=O)/C(=C(/O)c4ccc(Cl)cc4)C3c3cccnc3)sc2c1. The topological polar surface area (TPSA) is 83.4 Å². The van der Waals surface area contributed by atoms with Crippen molar-refractivity contribution in [1.29, 1.82) is 0 Å². The Bertz CT molecular complexity index is 1490. The first-order chi connectivity index (χ1) is 16.6. The number of pyridine rings is 1. The Kier molecular flexibility index (Phi) is 5.69. The summed E-state index contributed by atoms with van der Waals surface area (Å²) in [6.45, 7) is 6.40. The summed E-state index contributed by atoms with van der Waals surface area (Å²) in [5, 5.41) is 12.0. The van der Waals surface area contributed by atoms with Crippen molar-refractivity contribution in [2.75, 3.05) is 4.90 Å². The van der Waals surface area contributed by atoms with Crippen LogP contribution in [0.2, 0.25) is 5.02 Å². The molecule has 2 aromatic heterocycles. The Hall–Kier alpha value is -3.55. The lowest BCUT2D eigenvalue weighted by Crippen LogP contribution is -2.29. The van der Waals surface area contributed by atoms with Gasteiger partial charge in [0.25, 0.3) is 5.78 Å². The fourth-order valence-corrected chi connectivity index (χ4v) is 5.29. The van der Waals surface area contributed by atoms with E-state index < -0.39 is 17.7 Å². The van der Waals surface area contributed by atoms with Crippen molar-refractivity contribution in [1.82, 2.24) is 9.97 Å². The Labute approximate surface area is 211 Å². The first-order valence-corrected chi connectivity index (χ1v) is 12.2. The molecule has 6 nitrogen and oxygen atoms in total. The van der Waals surface area contributed by atoms with Crippen LogP contribution in [-0.4, -0.2) is 26.8 Å². The maximum Gasteiger partial charge on any atom is 0.301 e. The molecule has 8 heteroatoms. The van der Waals surface area contributed by atoms with Gasteiger partial charge in [-0.2, -0.15) is 0 Å². The molecular weight excluding hydrogens is 482 g/mol. The summed E-state index contributed by atoms with van der Waals surface area (Å²) < 4.78 is 0.914. The van der Waals surface area contributed by atoms with Gasteiger partial charge in [0.05, 0.1) is 21.8 Å². The summed E-state index contributed by atoms with van der Waals surface area (Å²) in [5.41, 5.74) is 2.81. The number of thiazole rings is 1. The molecule has 1 unspecified atom stereocenters. The number of Topliss-reactive ketones (excluding diaryl/α,β-unsaturated/α-hetero) is 1. The third-order valence-corrected chi connectivity index (χ3v) is 7.28. The van der Waals surface area contributed by atoms with E-state index >= 15 is 0 Å². The quantitative estimate of drug-likeness (QED) is 0.202. The lowest BCUT2D eigenvalue weighted by atomic mass is 9.87. The summed E-state index contributed by atoms with van der Waals surface area (Å²) in [6.07, 6.45) is 3.20. The smallest absolute Gasteiger partial charge is 0.301 e. The first-order valence-electron chi connectivity index (χ1n) is 11.0. The zero-order valence-electron chi connectivity index (χ0n) is 19.3. The second kappa shape index (κ2) is 8.59. The van der Waals surface area contributed by atoms with Crippen LogP contribution in [0.1, 0.15) is 43.5 Å². The van der Waals surface area contributed by atoms with Gasteiger partial charge in [-0.1, -0.05) is 55.8 Å². The fourth-order valence-electron chi connectivity index (χ4n) is 4.13. The molecule has 3 heterocycles. The Morgan fingerprint density at radius 1 is 1.09 bits per heavy atom. The number of hydrogen-bond acceptors (Lipinski definition) is 6. The third-order valence-electron chi connectivity index (χ3n) is 6.01. The summed E-state index contributed by atoms with van der Waals surface area (Å²) in [4.78, 5) is 36.9. The number of benzene rings is 2. The Balaban J connectivity index is 1.69. The maximum atomic E-state index is 13.3. The van der Waals surface area contributed by atoms with Crippen LogP contribution < -0.4 is 4.90 Å². The van der Waals surface area contributed by atoms with Crippen molar-refractivity contribution < 1.29 is 14.7 Å². The van der Waals surface area contributed by atoms with Gasteiger partial charge in [-0.05, 0) is 59.0 Å². The van der Waals surface area contributed by atoms with Crippen LogP contribution in [-0.2, 0) is 15.0 Å². The van der Waals surface area contributed by atoms with Crippen molar-refractivity contribution in [2.45, 2.75) is 32.2 Å². The predicted octanol–water partition coefficient (Wildman–Crippen LogP) is 6.27. The lowest BCUT2D eigenvalue weighted by molar-refractivity contribution is -0.132. The van der Waals surface area contributed by atoms with Crippen molar-refractivity contribution in [3.63, 3.8) is 0 Å². The zero-order valence-corrected chi connectivity index (χ0v) is 20.9. The van der Waals surface area contributed by atoms with Gasteiger partial charge in [-0.15, -0.1) is 0 Å². The van der Waals surface area contributed by atoms with Crippen LogP contribution in [0.25, 0.3) is 16.0 Å². The van der Waals surface area contributed by atoms with E-state index in [1.54, 1.807) is 48.8 Å². The van der Waals surface area contributed by atoms with Crippen molar-refractivity contribution in [2.24, 2.45) is 0 Å². The first kappa shape index (κ1) is 23.2. The minimum atomic E-state index is -0.873. The molecule has 0 radical (unpaired) electrons. The number of carbonyl (C=O) groups excluding carboxylic acids is 2. The summed E-state index contributed by atoms with van der Waals surface area (Å²) in [5.74, 6) is -1.79. The number of hydrogen-bond donors (Lipinski definition) is 1. The van der Waals surface area contributed by atoms with Crippen LogP contribution in [0.5, 0.6) is 0 Å². The summed E-state index contributed by atoms with van der Waals surface area (Å²) in [7, 11) is 0. The number of ketones is 1. The Morgan fingerprint density at radius 2 is 1.83 bits per heavy atom. The minimum Gasteiger partial charge on any atom is -0.507 e. The van der Waals surface area contributed by atoms with E-state index in [2.05, 4.69) is 36.8 Å². The summed E-state index contributed by atoms with van der Waals surface area (Å²) in [6, 6.07) is 15.1. The number of anilines is 1. The monoisotopic (exact) mass is 503 g/mol. The average Bonchev–Trinajstić information content (AvgIpc) is 3.37. The molecule has 0 aliphatic carbocycles. The molecule has 1 saturated heterocycles. The van der Waals surface area contributed by atoms with Crippen LogP contribution in [0.4, 0.5) is 5.13 Å². The second-order valence-corrected chi connectivity index (χ2v) is 10.8. The average molecular weight is 504 g/mol. The minimum absolute atomic E-state index is 0.0139. The molecule has 0 spiro atoms. The standard InChI is InChI=1S/C27H22ClN3O3S/c1-27(2,3)17-8-11-19-20(13-17)35-26(30-19)31-22(16-5-4-12-29-14-16)21(24(33)25(31)34)23(32)15-6-9-18(28)10-7-15/h4-14,22,32H,1-3H3/b23-21+. The highest BCUT2D eigenvalue weighted by molar-refractivity contribution is 7.22. The van der Waals surface area contributed by atoms with Gasteiger partial charge in [0.2, 0.25) is 0 Å². The van der Waals surface area contributed by atoms with Crippen LogP contribution in [0.15, 0.2) is 72.6 Å². The van der Waals surface area contributed by atoms with E-state index in [4.69, 9.17) is 11.6 Å². The third kappa shape index (κ3) is 4.11. The number of rotatable bonds is 3. The highest BCUT2D eigenvalue weighted by Gasteiger charge is 2.48. The van der Waals surface area contributed by atoms with Crippen LogP contribution >= 0.6 is 22.9 Å². The van der Waals surface area contributed by atoms with Gasteiger partial charge < -0.3 is 5.11 Å². The molecule has 5 rings (SSSR count). The van der Waals surface area contributed by atoms with Crippen molar-refractivity contribution >= 4 is 55.7 Å². The number of fused-ring (bicyclic) bond motifs is 1. The molecule has 0 bridgehead atoms. The van der Waals surface area contributed by atoms with Crippen LogP contribution in [0.3, 0.4) is 0 Å². The molecule has 4 aromatic rings. The highest BCUT2D eigenvalue weighted by Crippen LogP contribution is 2.44. The largest absolute Gasteiger partial charge is 0.507 e. The van der Waals surface area contributed by atoms with Gasteiger partial charge in [0.15, 0.2) is 5.13 Å². The normalized spacial score (nSPS) is 17.9. The van der Waals surface area contributed by atoms with Crippen molar-refractivity contribution in [3.8, 4) is 0 Å². The molecule has 0 saturated carbocycles. The molecule has 1 atom stereocenters. The van der Waals surface area contributed by atoms with E-state index in [-0.39, 0.29) is 16.7 Å². The molecular formula is C27H22ClN3O3S. The summed E-state index contributed by atoms with van der Waals surface area (Å²) >= 11 is 7.33. The number of carbonyl (C=O) groups is 2. The number of aliphatic hydroxyl groups is 1. The van der Waals surface area contributed by atoms with Crippen LogP contribution in [0, 0.1) is 0 Å². The van der Waals surface area contributed by atoms with E-state index in [0.29, 0.717) is 21.3 Å². The molecule has 1 fully saturated rings. The number of aliphatic hydroxyl groups excluding tert-OH is 1. The zero-order chi connectivity index (χ0) is 24.9. The second-order valence-electron chi connectivity index (χ2n) is 9.39. The highest BCUT2D eigenvalue weighted by atomic mass is 35.5. The predicted molar refractivity (Wildman–Crippen MR) is 139 cm³/mol. The number of nitrogens with zero attached hydrogens (tertiary/aromatic N) is 3. The molecule has 35 heavy (non-hydrogen) atoms. The van der Waals surface area contributed by atoms with E-state index in [9.17, 15) is 14.7 Å². The molecule has 1 N–H and O–H groups in total. The fraction of sp³-hybridized carbons (Fsp3) is 0.185. The maximum absolute atomic E-state index is 13.3. The number of halogens is 1. The van der Waals surface area contributed by atoms with Gasteiger partial charge in [0.1, 0.15) is 5.76 Å². The Morgan fingerprint density at radius 3 is 2.49 bits per heavy atom. The van der Waals surface area contributed by atoms with Gasteiger partial charge >= 0.3 is 5.91 Å². The molecule has 1 aliphatic heterocycles. The molecule has 1 amide bonds. The van der Waals surface area contributed by atoms with E-state index in [1.807, 2.05) is 12.1 Å². The van der Waals surface area contributed by atoms with Crippen molar-refractivity contribution in [3.05, 3.63) is 94.3 Å². The van der Waals surface area contributed by atoms with E-state index in [1.165, 1.54) is 16.2 Å². The molecule has 1 aliphatic rings. The number of amides is 1. The van der Waals surface area contributed by atoms with Gasteiger partial charge in [0, 0.05) is 23.0 Å². The number of aromatic nitrogens is 2. The van der Waals surface area contributed by atoms with Gasteiger partial charge in [-0.25, -0.2) is 4.98 Å². The lowest BCUT2D eigenvalue weighted by Gasteiger charge is -2.22. The molecule has 176 valence electrons. The van der Waals surface area contributed by atoms with E-state index in [0.717, 1.165) is 15.8 Å². The van der Waals surface area contributed by atoms with Gasteiger partial charge in [-0.3, -0.25) is 19.5 Å². The molecule has 2 aromatic carbocycles.